The molecule has 0 aliphatic heterocycles. The van der Waals surface area contributed by atoms with Gasteiger partial charge in [-0.2, -0.15) is 17.5 Å². The number of methoxy groups -OCH3 is 1. The standard InChI is InChI=1S/C24H28F3NO5S/c1-15(2)16-11-17(24(25,26)27)13-18(12-16)34(30,31)28(3)21-9-5-8-20-19(21)7-6-10-22(20)33-14-23(29)32-4/h6-7,10-13,21,23,29H,1,5,8-9,14H2,2-4H3. The van der Waals surface area contributed by atoms with Gasteiger partial charge in [-0.3, -0.25) is 0 Å². The first-order valence-corrected chi connectivity index (χ1v) is 12.1. The minimum absolute atomic E-state index is 0.0975. The van der Waals surface area contributed by atoms with Crippen LogP contribution in [-0.4, -0.2) is 44.9 Å². The summed E-state index contributed by atoms with van der Waals surface area (Å²) >= 11 is 0. The van der Waals surface area contributed by atoms with Crippen LogP contribution in [0, 0.1) is 0 Å². The van der Waals surface area contributed by atoms with Crippen LogP contribution in [0.5, 0.6) is 5.75 Å². The van der Waals surface area contributed by atoms with Gasteiger partial charge >= 0.3 is 6.18 Å². The fraction of sp³-hybridized carbons (Fsp3) is 0.417. The number of ether oxygens (including phenoxy) is 2. The highest BCUT2D eigenvalue weighted by molar-refractivity contribution is 7.89. The van der Waals surface area contributed by atoms with Gasteiger partial charge in [-0.15, -0.1) is 0 Å². The van der Waals surface area contributed by atoms with Crippen molar-refractivity contribution in [1.82, 2.24) is 4.31 Å². The SMILES string of the molecule is C=C(C)c1cc(C(F)(F)F)cc(S(=O)(=O)N(C)C2CCCc3c(OCC(O)OC)cccc32)c1. The van der Waals surface area contributed by atoms with E-state index in [1.165, 1.54) is 27.1 Å². The summed E-state index contributed by atoms with van der Waals surface area (Å²) in [7, 11) is -1.55. The van der Waals surface area contributed by atoms with Gasteiger partial charge in [0.25, 0.3) is 0 Å². The predicted octanol–water partition coefficient (Wildman–Crippen LogP) is 4.78. The maximum absolute atomic E-state index is 13.5. The molecule has 0 fully saturated rings. The molecule has 1 aliphatic rings. The highest BCUT2D eigenvalue weighted by Gasteiger charge is 2.36. The number of allylic oxidation sites excluding steroid dienone is 1. The molecule has 2 aromatic rings. The number of hydrogen-bond donors (Lipinski definition) is 1. The van der Waals surface area contributed by atoms with E-state index in [1.807, 2.05) is 0 Å². The maximum atomic E-state index is 13.5. The van der Waals surface area contributed by atoms with Gasteiger partial charge in [0, 0.05) is 14.2 Å². The van der Waals surface area contributed by atoms with Crippen LogP contribution in [0.15, 0.2) is 47.9 Å². The molecule has 0 aromatic heterocycles. The fourth-order valence-electron chi connectivity index (χ4n) is 4.02. The Hall–Kier alpha value is -2.40. The summed E-state index contributed by atoms with van der Waals surface area (Å²) in [6, 6.07) is 7.42. The third kappa shape index (κ3) is 5.46. The average molecular weight is 500 g/mol. The number of halogens is 3. The lowest BCUT2D eigenvalue weighted by molar-refractivity contribution is -0.137. The number of sulfonamides is 1. The van der Waals surface area contributed by atoms with E-state index in [0.29, 0.717) is 42.2 Å². The van der Waals surface area contributed by atoms with Crippen LogP contribution in [0.25, 0.3) is 5.57 Å². The number of aliphatic hydroxyl groups is 1. The van der Waals surface area contributed by atoms with E-state index in [0.717, 1.165) is 15.9 Å². The van der Waals surface area contributed by atoms with E-state index in [-0.39, 0.29) is 12.2 Å². The molecular formula is C24H28F3NO5S. The predicted molar refractivity (Wildman–Crippen MR) is 122 cm³/mol. The summed E-state index contributed by atoms with van der Waals surface area (Å²) in [6.45, 7) is 5.09. The lowest BCUT2D eigenvalue weighted by Crippen LogP contribution is -2.34. The van der Waals surface area contributed by atoms with Crippen LogP contribution in [0.3, 0.4) is 0 Å². The van der Waals surface area contributed by atoms with E-state index in [9.17, 15) is 26.7 Å². The van der Waals surface area contributed by atoms with Gasteiger partial charge in [0.2, 0.25) is 10.0 Å². The van der Waals surface area contributed by atoms with Gasteiger partial charge in [0.15, 0.2) is 6.29 Å². The van der Waals surface area contributed by atoms with Crippen molar-refractivity contribution in [2.45, 2.75) is 49.6 Å². The molecule has 0 heterocycles. The maximum Gasteiger partial charge on any atom is 0.416 e. The van der Waals surface area contributed by atoms with Crippen molar-refractivity contribution in [2.24, 2.45) is 0 Å². The molecule has 0 bridgehead atoms. The first kappa shape index (κ1) is 26.2. The van der Waals surface area contributed by atoms with Gasteiger partial charge < -0.3 is 14.6 Å². The summed E-state index contributed by atoms with van der Waals surface area (Å²) in [5.41, 5.74) is 0.910. The van der Waals surface area contributed by atoms with Crippen LogP contribution in [0.4, 0.5) is 13.2 Å². The number of hydrogen-bond acceptors (Lipinski definition) is 5. The molecule has 0 radical (unpaired) electrons. The minimum atomic E-state index is -4.70. The fourth-order valence-corrected chi connectivity index (χ4v) is 5.46. The topological polar surface area (TPSA) is 76.1 Å². The number of aliphatic hydroxyl groups excluding tert-OH is 1. The summed E-state index contributed by atoms with van der Waals surface area (Å²) < 4.78 is 79.0. The van der Waals surface area contributed by atoms with E-state index in [2.05, 4.69) is 6.58 Å². The van der Waals surface area contributed by atoms with Crippen LogP contribution >= 0.6 is 0 Å². The van der Waals surface area contributed by atoms with E-state index in [4.69, 9.17) is 9.47 Å². The molecule has 186 valence electrons. The summed E-state index contributed by atoms with van der Waals surface area (Å²) in [5, 5.41) is 9.62. The second kappa shape index (κ2) is 10.1. The largest absolute Gasteiger partial charge is 0.488 e. The Bertz CT molecular complexity index is 1160. The number of alkyl halides is 3. The van der Waals surface area contributed by atoms with Crippen molar-refractivity contribution < 1.29 is 36.2 Å². The van der Waals surface area contributed by atoms with E-state index in [1.54, 1.807) is 18.2 Å². The first-order chi connectivity index (χ1) is 15.9. The Morgan fingerprint density at radius 2 is 2.00 bits per heavy atom. The zero-order valence-electron chi connectivity index (χ0n) is 19.2. The molecule has 10 heteroatoms. The molecular weight excluding hydrogens is 471 g/mol. The van der Waals surface area contributed by atoms with Crippen LogP contribution in [0.2, 0.25) is 0 Å². The molecule has 2 unspecified atom stereocenters. The Kier molecular flexibility index (Phi) is 7.76. The molecule has 6 nitrogen and oxygen atoms in total. The molecule has 0 spiro atoms. The Balaban J connectivity index is 2.01. The second-order valence-electron chi connectivity index (χ2n) is 8.28. The zero-order chi connectivity index (χ0) is 25.3. The number of benzene rings is 2. The summed E-state index contributed by atoms with van der Waals surface area (Å²) in [5.74, 6) is 0.507. The van der Waals surface area contributed by atoms with Crippen LogP contribution in [-0.2, 0) is 27.4 Å². The average Bonchev–Trinajstić information content (AvgIpc) is 2.80. The van der Waals surface area contributed by atoms with Crippen molar-refractivity contribution in [3.63, 3.8) is 0 Å². The van der Waals surface area contributed by atoms with Gasteiger partial charge in [0.1, 0.15) is 12.4 Å². The van der Waals surface area contributed by atoms with Crippen molar-refractivity contribution >= 4 is 15.6 Å². The van der Waals surface area contributed by atoms with Crippen molar-refractivity contribution in [3.05, 3.63) is 65.2 Å². The van der Waals surface area contributed by atoms with E-state index < -0.39 is 39.0 Å². The van der Waals surface area contributed by atoms with Crippen molar-refractivity contribution in [3.8, 4) is 5.75 Å². The lowest BCUT2D eigenvalue weighted by Gasteiger charge is -2.33. The smallest absolute Gasteiger partial charge is 0.416 e. The highest BCUT2D eigenvalue weighted by atomic mass is 32.2. The minimum Gasteiger partial charge on any atom is -0.488 e. The molecule has 1 N–H and O–H groups in total. The van der Waals surface area contributed by atoms with Gasteiger partial charge in [-0.25, -0.2) is 8.42 Å². The molecule has 0 saturated heterocycles. The van der Waals surface area contributed by atoms with Crippen LogP contribution < -0.4 is 4.74 Å². The molecule has 3 rings (SSSR count). The van der Waals surface area contributed by atoms with Crippen molar-refractivity contribution in [1.29, 1.82) is 0 Å². The molecule has 0 saturated carbocycles. The van der Waals surface area contributed by atoms with Gasteiger partial charge in [0.05, 0.1) is 16.5 Å². The zero-order valence-corrected chi connectivity index (χ0v) is 20.0. The summed E-state index contributed by atoms with van der Waals surface area (Å²) in [6.07, 6.45) is -4.02. The first-order valence-electron chi connectivity index (χ1n) is 10.7. The molecule has 0 amide bonds. The number of nitrogens with zero attached hydrogens (tertiary/aromatic N) is 1. The Morgan fingerprint density at radius 1 is 1.29 bits per heavy atom. The quantitative estimate of drug-likeness (QED) is 0.529. The molecule has 2 aromatic carbocycles. The monoisotopic (exact) mass is 499 g/mol. The molecule has 2 atom stereocenters. The third-order valence-corrected chi connectivity index (χ3v) is 7.77. The van der Waals surface area contributed by atoms with Crippen molar-refractivity contribution in [2.75, 3.05) is 20.8 Å². The molecule has 1 aliphatic carbocycles. The lowest BCUT2D eigenvalue weighted by atomic mass is 9.87. The summed E-state index contributed by atoms with van der Waals surface area (Å²) in [4.78, 5) is -0.439. The second-order valence-corrected chi connectivity index (χ2v) is 10.3. The normalized spacial score (nSPS) is 17.4. The van der Waals surface area contributed by atoms with Crippen LogP contribution in [0.1, 0.15) is 48.1 Å². The molecule has 34 heavy (non-hydrogen) atoms. The highest BCUT2D eigenvalue weighted by Crippen LogP contribution is 2.41. The van der Waals surface area contributed by atoms with Gasteiger partial charge in [-0.05, 0) is 67.1 Å². The third-order valence-electron chi connectivity index (χ3n) is 5.93. The number of fused-ring (bicyclic) bond motifs is 1. The Labute approximate surface area is 197 Å². The number of rotatable bonds is 8. The Morgan fingerprint density at radius 3 is 2.62 bits per heavy atom. The van der Waals surface area contributed by atoms with Gasteiger partial charge in [-0.1, -0.05) is 24.3 Å². The van der Waals surface area contributed by atoms with E-state index >= 15 is 0 Å².